The van der Waals surface area contributed by atoms with E-state index in [0.717, 1.165) is 31.2 Å². The van der Waals surface area contributed by atoms with Gasteiger partial charge in [0, 0.05) is 25.8 Å². The van der Waals surface area contributed by atoms with Crippen molar-refractivity contribution in [3.63, 3.8) is 0 Å². The molecule has 1 fully saturated rings. The Kier molecular flexibility index (Phi) is 4.91. The molecule has 1 aliphatic heterocycles. The number of hydrogen-bond donors (Lipinski definition) is 1. The molecule has 0 bridgehead atoms. The molecule has 116 valence electrons. The minimum absolute atomic E-state index is 0.695. The third-order valence-electron chi connectivity index (χ3n) is 4.17. The van der Waals surface area contributed by atoms with E-state index in [4.69, 9.17) is 4.74 Å². The molecule has 0 radical (unpaired) electrons. The van der Waals surface area contributed by atoms with Gasteiger partial charge in [0.2, 0.25) is 0 Å². The van der Waals surface area contributed by atoms with E-state index >= 15 is 0 Å². The van der Waals surface area contributed by atoms with Gasteiger partial charge in [-0.1, -0.05) is 18.2 Å². The van der Waals surface area contributed by atoms with Crippen LogP contribution in [0.1, 0.15) is 12.0 Å². The summed E-state index contributed by atoms with van der Waals surface area (Å²) in [7, 11) is 1.70. The Morgan fingerprint density at radius 1 is 1.23 bits per heavy atom. The molecule has 4 nitrogen and oxygen atoms in total. The number of nitrogens with zero attached hydrogens (tertiary/aromatic N) is 2. The zero-order chi connectivity index (χ0) is 15.2. The Balaban J connectivity index is 1.45. The van der Waals surface area contributed by atoms with Gasteiger partial charge in [-0.05, 0) is 48.7 Å². The second-order valence-electron chi connectivity index (χ2n) is 5.83. The summed E-state index contributed by atoms with van der Waals surface area (Å²) in [6.45, 7) is 4.33. The Bertz CT molecular complexity index is 571. The molecule has 3 rings (SSSR count). The third kappa shape index (κ3) is 3.98. The highest BCUT2D eigenvalue weighted by Gasteiger charge is 2.22. The van der Waals surface area contributed by atoms with E-state index in [1.165, 1.54) is 18.5 Å². The summed E-state index contributed by atoms with van der Waals surface area (Å²) < 4.78 is 5.20. The van der Waals surface area contributed by atoms with E-state index in [-0.39, 0.29) is 0 Å². The quantitative estimate of drug-likeness (QED) is 0.889. The molecule has 0 saturated carbocycles. The van der Waals surface area contributed by atoms with Crippen molar-refractivity contribution in [1.29, 1.82) is 0 Å². The first-order chi connectivity index (χ1) is 10.8. The number of rotatable bonds is 6. The van der Waals surface area contributed by atoms with Gasteiger partial charge in [-0.2, -0.15) is 0 Å². The summed E-state index contributed by atoms with van der Waals surface area (Å²) >= 11 is 0. The lowest BCUT2D eigenvalue weighted by Gasteiger charge is -2.16. The van der Waals surface area contributed by atoms with Crippen LogP contribution in [-0.4, -0.2) is 36.6 Å². The molecule has 1 aromatic heterocycles. The number of ether oxygens (including phenoxy) is 1. The third-order valence-corrected chi connectivity index (χ3v) is 4.17. The summed E-state index contributed by atoms with van der Waals surface area (Å²) in [6.07, 6.45) is 3.07. The number of anilines is 1. The highest BCUT2D eigenvalue weighted by atomic mass is 16.5. The molecule has 1 N–H and O–H groups in total. The van der Waals surface area contributed by atoms with E-state index < -0.39 is 0 Å². The average Bonchev–Trinajstić information content (AvgIpc) is 3.02. The van der Waals surface area contributed by atoms with Crippen molar-refractivity contribution in [3.8, 4) is 5.75 Å². The molecular weight excluding hydrogens is 274 g/mol. The van der Waals surface area contributed by atoms with Crippen molar-refractivity contribution in [2.75, 3.05) is 32.1 Å². The number of hydrogen-bond acceptors (Lipinski definition) is 4. The van der Waals surface area contributed by atoms with Crippen LogP contribution in [-0.2, 0) is 6.54 Å². The van der Waals surface area contributed by atoms with Crippen LogP contribution in [0.25, 0.3) is 0 Å². The van der Waals surface area contributed by atoms with Crippen LogP contribution in [0.2, 0.25) is 0 Å². The largest absolute Gasteiger partial charge is 0.497 e. The highest BCUT2D eigenvalue weighted by Crippen LogP contribution is 2.20. The van der Waals surface area contributed by atoms with Crippen molar-refractivity contribution in [3.05, 3.63) is 54.2 Å². The predicted molar refractivity (Wildman–Crippen MR) is 89.1 cm³/mol. The molecule has 1 atom stereocenters. The number of aromatic nitrogens is 1. The maximum atomic E-state index is 5.20. The van der Waals surface area contributed by atoms with Crippen molar-refractivity contribution >= 4 is 5.82 Å². The van der Waals surface area contributed by atoms with E-state index in [2.05, 4.69) is 27.3 Å². The van der Waals surface area contributed by atoms with Gasteiger partial charge in [-0.3, -0.25) is 4.90 Å². The van der Waals surface area contributed by atoms with Crippen LogP contribution in [0.15, 0.2) is 48.7 Å². The van der Waals surface area contributed by atoms with Crippen LogP contribution < -0.4 is 10.1 Å². The van der Waals surface area contributed by atoms with Gasteiger partial charge >= 0.3 is 0 Å². The van der Waals surface area contributed by atoms with Crippen molar-refractivity contribution in [2.45, 2.75) is 13.0 Å². The molecule has 2 aromatic rings. The summed E-state index contributed by atoms with van der Waals surface area (Å²) in [5.74, 6) is 2.58. The minimum Gasteiger partial charge on any atom is -0.497 e. The Morgan fingerprint density at radius 2 is 2.09 bits per heavy atom. The minimum atomic E-state index is 0.695. The Labute approximate surface area is 132 Å². The molecule has 4 heteroatoms. The highest BCUT2D eigenvalue weighted by molar-refractivity contribution is 5.33. The smallest absolute Gasteiger partial charge is 0.125 e. The molecule has 0 amide bonds. The predicted octanol–water partition coefficient (Wildman–Crippen LogP) is 3.02. The molecule has 0 spiro atoms. The maximum Gasteiger partial charge on any atom is 0.125 e. The normalized spacial score (nSPS) is 18.3. The van der Waals surface area contributed by atoms with E-state index in [1.807, 2.05) is 36.5 Å². The van der Waals surface area contributed by atoms with Crippen molar-refractivity contribution in [2.24, 2.45) is 5.92 Å². The molecule has 2 heterocycles. The zero-order valence-electron chi connectivity index (χ0n) is 13.0. The van der Waals surface area contributed by atoms with Crippen LogP contribution in [0.5, 0.6) is 5.75 Å². The fraction of sp³-hybridized carbons (Fsp3) is 0.389. The summed E-state index contributed by atoms with van der Waals surface area (Å²) in [6, 6.07) is 14.3. The lowest BCUT2D eigenvalue weighted by Crippen LogP contribution is -2.22. The molecule has 1 aromatic carbocycles. The number of nitrogens with one attached hydrogen (secondary N) is 1. The Hall–Kier alpha value is -2.07. The SMILES string of the molecule is COc1ccc(CN2CCC(CNc3ccccn3)C2)cc1. The second-order valence-corrected chi connectivity index (χ2v) is 5.83. The van der Waals surface area contributed by atoms with Crippen molar-refractivity contribution in [1.82, 2.24) is 9.88 Å². The van der Waals surface area contributed by atoms with Crippen molar-refractivity contribution < 1.29 is 4.74 Å². The Morgan fingerprint density at radius 3 is 2.82 bits per heavy atom. The molecule has 1 unspecified atom stereocenters. The molecule has 22 heavy (non-hydrogen) atoms. The molecule has 0 aliphatic carbocycles. The van der Waals surface area contributed by atoms with Crippen LogP contribution >= 0.6 is 0 Å². The lowest BCUT2D eigenvalue weighted by atomic mass is 10.1. The van der Waals surface area contributed by atoms with Gasteiger partial charge < -0.3 is 10.1 Å². The van der Waals surface area contributed by atoms with E-state index in [1.54, 1.807) is 7.11 Å². The van der Waals surface area contributed by atoms with Gasteiger partial charge in [0.1, 0.15) is 11.6 Å². The average molecular weight is 297 g/mol. The fourth-order valence-electron chi connectivity index (χ4n) is 2.93. The molecule has 1 aliphatic rings. The van der Waals surface area contributed by atoms with Crippen LogP contribution in [0, 0.1) is 5.92 Å². The van der Waals surface area contributed by atoms with Crippen LogP contribution in [0.4, 0.5) is 5.82 Å². The monoisotopic (exact) mass is 297 g/mol. The van der Waals surface area contributed by atoms with Gasteiger partial charge in [0.15, 0.2) is 0 Å². The fourth-order valence-corrected chi connectivity index (χ4v) is 2.93. The lowest BCUT2D eigenvalue weighted by molar-refractivity contribution is 0.318. The van der Waals surface area contributed by atoms with Gasteiger partial charge in [0.25, 0.3) is 0 Å². The van der Waals surface area contributed by atoms with E-state index in [9.17, 15) is 0 Å². The van der Waals surface area contributed by atoms with Gasteiger partial charge in [-0.25, -0.2) is 4.98 Å². The first-order valence-corrected chi connectivity index (χ1v) is 7.83. The van der Waals surface area contributed by atoms with Gasteiger partial charge in [0.05, 0.1) is 7.11 Å². The number of methoxy groups -OCH3 is 1. The number of benzene rings is 1. The second kappa shape index (κ2) is 7.27. The van der Waals surface area contributed by atoms with Gasteiger partial charge in [-0.15, -0.1) is 0 Å². The summed E-state index contributed by atoms with van der Waals surface area (Å²) in [5, 5.41) is 3.43. The zero-order valence-corrected chi connectivity index (χ0v) is 13.0. The molecule has 1 saturated heterocycles. The first-order valence-electron chi connectivity index (χ1n) is 7.83. The van der Waals surface area contributed by atoms with E-state index in [0.29, 0.717) is 5.92 Å². The topological polar surface area (TPSA) is 37.4 Å². The maximum absolute atomic E-state index is 5.20. The summed E-state index contributed by atoms with van der Waals surface area (Å²) in [5.41, 5.74) is 1.35. The molecular formula is C18H23N3O. The number of pyridine rings is 1. The standard InChI is InChI=1S/C18H23N3O/c1-22-17-7-5-15(6-8-17)13-21-11-9-16(14-21)12-20-18-4-2-3-10-19-18/h2-8,10,16H,9,11-14H2,1H3,(H,19,20). The van der Waals surface area contributed by atoms with Crippen LogP contribution in [0.3, 0.4) is 0 Å². The first kappa shape index (κ1) is 14.9. The number of likely N-dealkylation sites (tertiary alicyclic amines) is 1. The summed E-state index contributed by atoms with van der Waals surface area (Å²) in [4.78, 5) is 6.83.